The first-order valence-corrected chi connectivity index (χ1v) is 11.7. The zero-order valence-electron chi connectivity index (χ0n) is 20.5. The van der Waals surface area contributed by atoms with Crippen LogP contribution in [0.3, 0.4) is 0 Å². The molecule has 4 aromatic rings. The number of aromatic nitrogens is 4. The fraction of sp³-hybridized carbons (Fsp3) is 0.231. The van der Waals surface area contributed by atoms with Gasteiger partial charge in [0.25, 0.3) is 11.8 Å². The molecule has 4 rings (SSSR count). The summed E-state index contributed by atoms with van der Waals surface area (Å²) in [5, 5.41) is 14.6. The molecule has 0 atom stereocenters. The van der Waals surface area contributed by atoms with Crippen molar-refractivity contribution >= 4 is 29.1 Å². The van der Waals surface area contributed by atoms with Crippen LogP contribution in [0.4, 0.5) is 5.69 Å². The summed E-state index contributed by atoms with van der Waals surface area (Å²) < 4.78 is 8.97. The van der Waals surface area contributed by atoms with Crippen LogP contribution in [0.2, 0.25) is 5.02 Å². The third kappa shape index (κ3) is 5.75. The maximum absolute atomic E-state index is 12.8. The standard InChI is InChI=1S/C26H27ClN6O3/c1-16-9-21(10-17(2)23(16)27)36-15-18-5-7-20(8-6-18)25(34)31-22-13-30-33(4)24(22)26(35)28-11-19-12-29-32(3)14-19/h5-10,12-14H,11,15H2,1-4H3,(H,28,35)(H,31,34). The second-order valence-electron chi connectivity index (χ2n) is 8.55. The van der Waals surface area contributed by atoms with E-state index < -0.39 is 0 Å². The van der Waals surface area contributed by atoms with Gasteiger partial charge in [0.15, 0.2) is 0 Å². The number of halogens is 1. The normalized spacial score (nSPS) is 10.8. The molecule has 0 saturated heterocycles. The van der Waals surface area contributed by atoms with Gasteiger partial charge in [-0.05, 0) is 54.8 Å². The summed E-state index contributed by atoms with van der Waals surface area (Å²) >= 11 is 6.22. The molecule has 0 spiro atoms. The number of rotatable bonds is 8. The molecule has 2 heterocycles. The van der Waals surface area contributed by atoms with Crippen molar-refractivity contribution in [3.63, 3.8) is 0 Å². The number of amides is 2. The number of hydrogen-bond donors (Lipinski definition) is 2. The zero-order valence-corrected chi connectivity index (χ0v) is 21.3. The summed E-state index contributed by atoms with van der Waals surface area (Å²) in [5.74, 6) is 0.0391. The Kier molecular flexibility index (Phi) is 7.40. The predicted molar refractivity (Wildman–Crippen MR) is 137 cm³/mol. The van der Waals surface area contributed by atoms with Crippen molar-refractivity contribution in [3.8, 4) is 5.75 Å². The molecule has 2 aromatic carbocycles. The van der Waals surface area contributed by atoms with E-state index in [0.29, 0.717) is 24.4 Å². The fourth-order valence-electron chi connectivity index (χ4n) is 3.73. The van der Waals surface area contributed by atoms with Gasteiger partial charge in [0.05, 0.1) is 18.1 Å². The lowest BCUT2D eigenvalue weighted by molar-refractivity contribution is 0.0942. The van der Waals surface area contributed by atoms with Crippen molar-refractivity contribution in [2.24, 2.45) is 14.1 Å². The third-order valence-electron chi connectivity index (χ3n) is 5.65. The molecular weight excluding hydrogens is 480 g/mol. The lowest BCUT2D eigenvalue weighted by atomic mass is 10.1. The summed E-state index contributed by atoms with van der Waals surface area (Å²) in [5.41, 5.74) is 4.72. The van der Waals surface area contributed by atoms with E-state index in [9.17, 15) is 9.59 Å². The second kappa shape index (κ2) is 10.7. The molecule has 186 valence electrons. The summed E-state index contributed by atoms with van der Waals surface area (Å²) in [4.78, 5) is 25.6. The number of anilines is 1. The third-order valence-corrected chi connectivity index (χ3v) is 6.24. The number of nitrogens with zero attached hydrogens (tertiary/aromatic N) is 4. The minimum atomic E-state index is -0.352. The Balaban J connectivity index is 1.37. The average Bonchev–Trinajstić information content (AvgIpc) is 3.44. The van der Waals surface area contributed by atoms with E-state index in [1.165, 1.54) is 10.9 Å². The van der Waals surface area contributed by atoms with E-state index in [-0.39, 0.29) is 17.5 Å². The molecule has 10 heteroatoms. The number of aryl methyl sites for hydroxylation is 4. The van der Waals surface area contributed by atoms with Gasteiger partial charge in [-0.15, -0.1) is 0 Å². The molecule has 0 aliphatic carbocycles. The monoisotopic (exact) mass is 506 g/mol. The molecule has 0 aliphatic heterocycles. The van der Waals surface area contributed by atoms with E-state index in [4.69, 9.17) is 16.3 Å². The van der Waals surface area contributed by atoms with E-state index >= 15 is 0 Å². The van der Waals surface area contributed by atoms with Crippen LogP contribution in [-0.4, -0.2) is 31.4 Å². The van der Waals surface area contributed by atoms with Crippen molar-refractivity contribution in [2.45, 2.75) is 27.0 Å². The summed E-state index contributed by atoms with van der Waals surface area (Å²) in [6.07, 6.45) is 4.95. The molecule has 9 nitrogen and oxygen atoms in total. The van der Waals surface area contributed by atoms with E-state index in [2.05, 4.69) is 20.8 Å². The van der Waals surface area contributed by atoms with Gasteiger partial charge in [-0.2, -0.15) is 10.2 Å². The minimum absolute atomic E-state index is 0.255. The number of carbonyl (C=O) groups is 2. The number of carbonyl (C=O) groups excluding carboxylic acids is 2. The highest BCUT2D eigenvalue weighted by Gasteiger charge is 2.19. The summed E-state index contributed by atoms with van der Waals surface area (Å²) in [7, 11) is 3.45. The van der Waals surface area contributed by atoms with Crippen LogP contribution < -0.4 is 15.4 Å². The highest BCUT2D eigenvalue weighted by Crippen LogP contribution is 2.26. The number of nitrogens with one attached hydrogen (secondary N) is 2. The molecule has 0 bridgehead atoms. The van der Waals surface area contributed by atoms with Crippen LogP contribution in [0.1, 0.15) is 43.1 Å². The lowest BCUT2D eigenvalue weighted by Gasteiger charge is -2.11. The van der Waals surface area contributed by atoms with E-state index in [1.54, 1.807) is 37.1 Å². The van der Waals surface area contributed by atoms with Crippen molar-refractivity contribution in [1.29, 1.82) is 0 Å². The van der Waals surface area contributed by atoms with Crippen LogP contribution in [0.15, 0.2) is 55.0 Å². The average molecular weight is 507 g/mol. The fourth-order valence-corrected chi connectivity index (χ4v) is 3.84. The van der Waals surface area contributed by atoms with E-state index in [1.807, 2.05) is 44.3 Å². The molecule has 0 aliphatic rings. The molecular formula is C26H27ClN6O3. The van der Waals surface area contributed by atoms with Gasteiger partial charge in [0.2, 0.25) is 0 Å². The second-order valence-corrected chi connectivity index (χ2v) is 8.92. The molecule has 0 saturated carbocycles. The van der Waals surface area contributed by atoms with Gasteiger partial charge in [-0.1, -0.05) is 23.7 Å². The van der Waals surface area contributed by atoms with Crippen molar-refractivity contribution in [2.75, 3.05) is 5.32 Å². The molecule has 2 aromatic heterocycles. The minimum Gasteiger partial charge on any atom is -0.489 e. The Bertz CT molecular complexity index is 1380. The summed E-state index contributed by atoms with van der Waals surface area (Å²) in [6, 6.07) is 10.9. The van der Waals surface area contributed by atoms with Crippen molar-refractivity contribution < 1.29 is 14.3 Å². The van der Waals surface area contributed by atoms with Crippen LogP contribution in [0.25, 0.3) is 0 Å². The number of benzene rings is 2. The SMILES string of the molecule is Cc1cc(OCc2ccc(C(=O)Nc3cnn(C)c3C(=O)NCc3cnn(C)c3)cc2)cc(C)c1Cl. The Labute approximate surface area is 214 Å². The Morgan fingerprint density at radius 2 is 1.67 bits per heavy atom. The quantitative estimate of drug-likeness (QED) is 0.373. The first-order valence-electron chi connectivity index (χ1n) is 11.3. The van der Waals surface area contributed by atoms with Gasteiger partial charge in [0.1, 0.15) is 18.1 Å². The highest BCUT2D eigenvalue weighted by molar-refractivity contribution is 6.32. The first kappa shape index (κ1) is 25.0. The van der Waals surface area contributed by atoms with Gasteiger partial charge in [0, 0.05) is 43.0 Å². The molecule has 2 N–H and O–H groups in total. The topological polar surface area (TPSA) is 103 Å². The summed E-state index contributed by atoms with van der Waals surface area (Å²) in [6.45, 7) is 4.54. The van der Waals surface area contributed by atoms with E-state index in [0.717, 1.165) is 33.0 Å². The predicted octanol–water partition coefficient (Wildman–Crippen LogP) is 4.19. The van der Waals surface area contributed by atoms with Crippen LogP contribution >= 0.6 is 11.6 Å². The van der Waals surface area contributed by atoms with Crippen LogP contribution in [0.5, 0.6) is 5.75 Å². The first-order chi connectivity index (χ1) is 17.2. The largest absolute Gasteiger partial charge is 0.489 e. The lowest BCUT2D eigenvalue weighted by Crippen LogP contribution is -2.26. The highest BCUT2D eigenvalue weighted by atomic mass is 35.5. The number of ether oxygens (including phenoxy) is 1. The smallest absolute Gasteiger partial charge is 0.271 e. The zero-order chi connectivity index (χ0) is 25.8. The maximum atomic E-state index is 12.8. The van der Waals surface area contributed by atoms with Crippen molar-refractivity contribution in [1.82, 2.24) is 24.9 Å². The van der Waals surface area contributed by atoms with Gasteiger partial charge in [-0.25, -0.2) is 0 Å². The van der Waals surface area contributed by atoms with Crippen LogP contribution in [-0.2, 0) is 27.2 Å². The van der Waals surface area contributed by atoms with Crippen LogP contribution in [0, 0.1) is 13.8 Å². The molecule has 2 amide bonds. The maximum Gasteiger partial charge on any atom is 0.271 e. The Morgan fingerprint density at radius 1 is 0.972 bits per heavy atom. The van der Waals surface area contributed by atoms with Gasteiger partial charge >= 0.3 is 0 Å². The number of hydrogen-bond acceptors (Lipinski definition) is 5. The molecule has 36 heavy (non-hydrogen) atoms. The molecule has 0 unspecified atom stereocenters. The van der Waals surface area contributed by atoms with Crippen molar-refractivity contribution in [3.05, 3.63) is 93.5 Å². The molecule has 0 radical (unpaired) electrons. The molecule has 0 fully saturated rings. The van der Waals surface area contributed by atoms with Gasteiger partial charge < -0.3 is 15.4 Å². The van der Waals surface area contributed by atoms with Gasteiger partial charge in [-0.3, -0.25) is 19.0 Å². The Morgan fingerprint density at radius 3 is 2.31 bits per heavy atom. The Hall–Kier alpha value is -4.11.